The lowest BCUT2D eigenvalue weighted by molar-refractivity contribution is 0.0698. The number of aromatic nitrogens is 1. The molecule has 2 N–H and O–H groups in total. The summed E-state index contributed by atoms with van der Waals surface area (Å²) in [6.07, 6.45) is 1.39. The normalized spacial score (nSPS) is 10.2. The monoisotopic (exact) mass is 432 g/mol. The fourth-order valence-corrected chi connectivity index (χ4v) is 3.06. The van der Waals surface area contributed by atoms with Crippen molar-refractivity contribution in [1.82, 2.24) is 4.98 Å². The van der Waals surface area contributed by atoms with Gasteiger partial charge in [0.05, 0.1) is 11.3 Å². The minimum atomic E-state index is -1.16. The minimum absolute atomic E-state index is 0.0494. The van der Waals surface area contributed by atoms with Crippen LogP contribution >= 0.6 is 43.5 Å². The molecular formula is C13H7Br2ClN2O3. The Morgan fingerprint density at radius 3 is 2.57 bits per heavy atom. The van der Waals surface area contributed by atoms with Crippen LogP contribution in [0.15, 0.2) is 39.4 Å². The van der Waals surface area contributed by atoms with E-state index in [-0.39, 0.29) is 16.9 Å². The number of carbonyl (C=O) groups excluding carboxylic acids is 1. The van der Waals surface area contributed by atoms with Gasteiger partial charge in [-0.2, -0.15) is 0 Å². The Hall–Kier alpha value is -1.44. The zero-order valence-electron chi connectivity index (χ0n) is 10.2. The van der Waals surface area contributed by atoms with Crippen molar-refractivity contribution >= 4 is 61.0 Å². The molecule has 8 heteroatoms. The summed E-state index contributed by atoms with van der Waals surface area (Å²) in [7, 11) is 0. The molecule has 1 aromatic heterocycles. The molecule has 0 spiro atoms. The first kappa shape index (κ1) is 15.9. The molecule has 0 saturated heterocycles. The van der Waals surface area contributed by atoms with Gasteiger partial charge < -0.3 is 10.4 Å². The number of carbonyl (C=O) groups is 2. The van der Waals surface area contributed by atoms with Crippen LogP contribution < -0.4 is 5.32 Å². The molecule has 21 heavy (non-hydrogen) atoms. The first-order chi connectivity index (χ1) is 9.88. The summed E-state index contributed by atoms with van der Waals surface area (Å²) < 4.78 is 1.01. The Morgan fingerprint density at radius 2 is 1.95 bits per heavy atom. The first-order valence-electron chi connectivity index (χ1n) is 5.53. The maximum absolute atomic E-state index is 12.1. The van der Waals surface area contributed by atoms with Crippen molar-refractivity contribution in [2.75, 3.05) is 5.32 Å². The third-order valence-corrected chi connectivity index (χ3v) is 3.80. The number of halogens is 3. The van der Waals surface area contributed by atoms with Crippen molar-refractivity contribution in [3.63, 3.8) is 0 Å². The topological polar surface area (TPSA) is 79.3 Å². The van der Waals surface area contributed by atoms with Gasteiger partial charge in [0.15, 0.2) is 0 Å². The predicted molar refractivity (Wildman–Crippen MR) is 86.0 cm³/mol. The van der Waals surface area contributed by atoms with Crippen LogP contribution in [0.3, 0.4) is 0 Å². The van der Waals surface area contributed by atoms with Crippen molar-refractivity contribution in [2.24, 2.45) is 0 Å². The van der Waals surface area contributed by atoms with E-state index in [4.69, 9.17) is 11.6 Å². The highest BCUT2D eigenvalue weighted by atomic mass is 79.9. The number of pyridine rings is 1. The fourth-order valence-electron chi connectivity index (χ4n) is 1.58. The summed E-state index contributed by atoms with van der Waals surface area (Å²) in [5.41, 5.74) is 0.192. The number of hydrogen-bond donors (Lipinski definition) is 2. The van der Waals surface area contributed by atoms with Gasteiger partial charge in [0.1, 0.15) is 5.69 Å². The van der Waals surface area contributed by atoms with Crippen molar-refractivity contribution in [3.8, 4) is 0 Å². The van der Waals surface area contributed by atoms with Crippen LogP contribution in [-0.4, -0.2) is 22.0 Å². The van der Waals surface area contributed by atoms with Crippen molar-refractivity contribution in [1.29, 1.82) is 0 Å². The van der Waals surface area contributed by atoms with Gasteiger partial charge in [-0.15, -0.1) is 0 Å². The number of aromatic carboxylic acids is 1. The molecule has 0 aliphatic heterocycles. The summed E-state index contributed by atoms with van der Waals surface area (Å²) in [6.45, 7) is 0. The molecule has 0 radical (unpaired) electrons. The third-order valence-electron chi connectivity index (χ3n) is 2.48. The lowest BCUT2D eigenvalue weighted by Gasteiger charge is -2.11. The Morgan fingerprint density at radius 1 is 1.24 bits per heavy atom. The second kappa shape index (κ2) is 6.55. The second-order valence-electron chi connectivity index (χ2n) is 3.93. The molecule has 108 valence electrons. The van der Waals surface area contributed by atoms with Gasteiger partial charge in [0, 0.05) is 20.2 Å². The summed E-state index contributed by atoms with van der Waals surface area (Å²) in [4.78, 5) is 27.3. The van der Waals surface area contributed by atoms with Crippen molar-refractivity contribution in [2.45, 2.75) is 0 Å². The summed E-state index contributed by atoms with van der Waals surface area (Å²) in [6, 6.07) is 5.96. The largest absolute Gasteiger partial charge is 0.478 e. The number of rotatable bonds is 3. The SMILES string of the molecule is O=C(Nc1c(Br)cc(Br)cc1C(=O)O)c1cc(Cl)ccn1. The molecule has 0 bridgehead atoms. The average Bonchev–Trinajstić information content (AvgIpc) is 2.41. The molecule has 0 fully saturated rings. The van der Waals surface area contributed by atoms with Crippen LogP contribution in [0.2, 0.25) is 5.02 Å². The van der Waals surface area contributed by atoms with Crippen molar-refractivity contribution < 1.29 is 14.7 Å². The highest BCUT2D eigenvalue weighted by Crippen LogP contribution is 2.31. The fraction of sp³-hybridized carbons (Fsp3) is 0. The summed E-state index contributed by atoms with van der Waals surface area (Å²) in [5.74, 6) is -1.71. The Kier molecular flexibility index (Phi) is 4.97. The number of amides is 1. The van der Waals surface area contributed by atoms with Crippen LogP contribution in [0.5, 0.6) is 0 Å². The molecule has 2 rings (SSSR count). The number of hydrogen-bond acceptors (Lipinski definition) is 3. The number of benzene rings is 1. The lowest BCUT2D eigenvalue weighted by Crippen LogP contribution is -2.16. The zero-order valence-corrected chi connectivity index (χ0v) is 14.2. The Bertz CT molecular complexity index is 737. The second-order valence-corrected chi connectivity index (χ2v) is 6.14. The zero-order chi connectivity index (χ0) is 15.6. The number of anilines is 1. The molecule has 0 atom stereocenters. The Labute approximate surface area is 141 Å². The molecule has 0 aliphatic rings. The van der Waals surface area contributed by atoms with Crippen molar-refractivity contribution in [3.05, 3.63) is 55.7 Å². The van der Waals surface area contributed by atoms with E-state index in [9.17, 15) is 14.7 Å². The van der Waals surface area contributed by atoms with Crippen LogP contribution in [0.4, 0.5) is 5.69 Å². The third kappa shape index (κ3) is 3.81. The van der Waals surface area contributed by atoms with E-state index < -0.39 is 11.9 Å². The van der Waals surface area contributed by atoms with Gasteiger partial charge in [0.2, 0.25) is 0 Å². The predicted octanol–water partition coefficient (Wildman–Crippen LogP) is 4.21. The number of carboxylic acids is 1. The highest BCUT2D eigenvalue weighted by Gasteiger charge is 2.18. The maximum atomic E-state index is 12.1. The molecule has 2 aromatic rings. The van der Waals surface area contributed by atoms with Gasteiger partial charge in [-0.05, 0) is 40.2 Å². The minimum Gasteiger partial charge on any atom is -0.478 e. The van der Waals surface area contributed by atoms with E-state index >= 15 is 0 Å². The molecular weight excluding hydrogens is 427 g/mol. The molecule has 0 unspecified atom stereocenters. The van der Waals surface area contributed by atoms with Crippen LogP contribution in [0.1, 0.15) is 20.8 Å². The molecule has 0 aliphatic carbocycles. The van der Waals surface area contributed by atoms with Gasteiger partial charge in [-0.1, -0.05) is 27.5 Å². The maximum Gasteiger partial charge on any atom is 0.337 e. The quantitative estimate of drug-likeness (QED) is 0.759. The average molecular weight is 434 g/mol. The molecule has 0 saturated carbocycles. The standard InChI is InChI=1S/C13H7Br2ClN2O3/c14-6-3-8(13(20)21)11(9(15)4-6)18-12(19)10-5-7(16)1-2-17-10/h1-5H,(H,18,19)(H,20,21). The molecule has 1 aromatic carbocycles. The Balaban J connectivity index is 2.39. The van der Waals surface area contributed by atoms with E-state index in [1.165, 1.54) is 24.4 Å². The van der Waals surface area contributed by atoms with E-state index in [0.717, 1.165) is 0 Å². The van der Waals surface area contributed by atoms with Crippen LogP contribution in [-0.2, 0) is 0 Å². The first-order valence-corrected chi connectivity index (χ1v) is 7.50. The molecule has 1 heterocycles. The molecule has 5 nitrogen and oxygen atoms in total. The lowest BCUT2D eigenvalue weighted by atomic mass is 10.1. The highest BCUT2D eigenvalue weighted by molar-refractivity contribution is 9.11. The summed E-state index contributed by atoms with van der Waals surface area (Å²) in [5, 5.41) is 12.1. The van der Waals surface area contributed by atoms with Gasteiger partial charge in [0.25, 0.3) is 5.91 Å². The number of carboxylic acid groups (broad SMARTS) is 1. The summed E-state index contributed by atoms with van der Waals surface area (Å²) >= 11 is 12.2. The van der Waals surface area contributed by atoms with E-state index in [1.54, 1.807) is 6.07 Å². The van der Waals surface area contributed by atoms with Gasteiger partial charge in [-0.25, -0.2) is 4.79 Å². The smallest absolute Gasteiger partial charge is 0.337 e. The van der Waals surface area contributed by atoms with Gasteiger partial charge >= 0.3 is 5.97 Å². The van der Waals surface area contributed by atoms with Gasteiger partial charge in [-0.3, -0.25) is 9.78 Å². The van der Waals surface area contributed by atoms with Crippen LogP contribution in [0, 0.1) is 0 Å². The van der Waals surface area contributed by atoms with E-state index in [0.29, 0.717) is 14.0 Å². The van der Waals surface area contributed by atoms with E-state index in [2.05, 4.69) is 42.2 Å². The van der Waals surface area contributed by atoms with Crippen LogP contribution in [0.25, 0.3) is 0 Å². The molecule has 1 amide bonds. The number of nitrogens with zero attached hydrogens (tertiary/aromatic N) is 1. The number of nitrogens with one attached hydrogen (secondary N) is 1. The van der Waals surface area contributed by atoms with E-state index in [1.807, 2.05) is 0 Å².